The first-order valence-corrected chi connectivity index (χ1v) is 10.1. The van der Waals surface area contributed by atoms with E-state index in [1.165, 1.54) is 0 Å². The Bertz CT molecular complexity index is 1370. The minimum Gasteiger partial charge on any atom is -0.348 e. The minimum atomic E-state index is -0.0900. The SMILES string of the molecule is Cc1cccc2[nH]c(-c3cccc(-c4cccc(NC(=O)Cc5cnc[nH]5)c4)c3)nc12. The van der Waals surface area contributed by atoms with Gasteiger partial charge in [0.1, 0.15) is 5.82 Å². The number of anilines is 1. The van der Waals surface area contributed by atoms with E-state index in [-0.39, 0.29) is 12.3 Å². The molecule has 31 heavy (non-hydrogen) atoms. The van der Waals surface area contributed by atoms with E-state index in [2.05, 4.69) is 45.4 Å². The molecule has 1 amide bonds. The number of carbonyl (C=O) groups excluding carboxylic acids is 1. The summed E-state index contributed by atoms with van der Waals surface area (Å²) >= 11 is 0. The van der Waals surface area contributed by atoms with E-state index in [1.54, 1.807) is 12.5 Å². The summed E-state index contributed by atoms with van der Waals surface area (Å²) in [4.78, 5) is 27.4. The van der Waals surface area contributed by atoms with Gasteiger partial charge in [0.15, 0.2) is 0 Å². The first-order valence-electron chi connectivity index (χ1n) is 10.1. The lowest BCUT2D eigenvalue weighted by Gasteiger charge is -2.08. The van der Waals surface area contributed by atoms with Crippen molar-refractivity contribution in [2.45, 2.75) is 13.3 Å². The predicted octanol–water partition coefficient (Wildman–Crippen LogP) is 5.11. The second-order valence-corrected chi connectivity index (χ2v) is 7.52. The van der Waals surface area contributed by atoms with Crippen LogP contribution in [0.25, 0.3) is 33.5 Å². The van der Waals surface area contributed by atoms with Gasteiger partial charge in [-0.3, -0.25) is 4.79 Å². The van der Waals surface area contributed by atoms with Gasteiger partial charge in [0.2, 0.25) is 5.91 Å². The Morgan fingerprint density at radius 2 is 1.74 bits per heavy atom. The van der Waals surface area contributed by atoms with Gasteiger partial charge in [-0.2, -0.15) is 0 Å². The van der Waals surface area contributed by atoms with Crippen molar-refractivity contribution in [2.24, 2.45) is 0 Å². The minimum absolute atomic E-state index is 0.0900. The van der Waals surface area contributed by atoms with Gasteiger partial charge < -0.3 is 15.3 Å². The molecule has 5 aromatic rings. The summed E-state index contributed by atoms with van der Waals surface area (Å²) in [6.45, 7) is 2.06. The number of rotatable bonds is 5. The third kappa shape index (κ3) is 3.96. The smallest absolute Gasteiger partial charge is 0.230 e. The lowest BCUT2D eigenvalue weighted by atomic mass is 10.0. The van der Waals surface area contributed by atoms with Gasteiger partial charge in [0.05, 0.1) is 23.8 Å². The number of aryl methyl sites for hydroxylation is 1. The molecule has 6 nitrogen and oxygen atoms in total. The molecule has 2 heterocycles. The number of hydrogen-bond donors (Lipinski definition) is 3. The number of aromatic nitrogens is 4. The zero-order chi connectivity index (χ0) is 21.2. The number of imidazole rings is 2. The third-order valence-electron chi connectivity index (χ3n) is 5.24. The van der Waals surface area contributed by atoms with Crippen molar-refractivity contribution in [3.63, 3.8) is 0 Å². The number of nitrogens with one attached hydrogen (secondary N) is 3. The Morgan fingerprint density at radius 3 is 2.55 bits per heavy atom. The summed E-state index contributed by atoms with van der Waals surface area (Å²) < 4.78 is 0. The van der Waals surface area contributed by atoms with Crippen LogP contribution in [0.1, 0.15) is 11.3 Å². The van der Waals surface area contributed by atoms with Crippen molar-refractivity contribution in [1.29, 1.82) is 0 Å². The number of nitrogens with zero attached hydrogens (tertiary/aromatic N) is 2. The number of para-hydroxylation sites is 1. The molecule has 5 rings (SSSR count). The van der Waals surface area contributed by atoms with Crippen LogP contribution in [-0.2, 0) is 11.2 Å². The maximum Gasteiger partial charge on any atom is 0.230 e. The molecule has 0 aliphatic carbocycles. The van der Waals surface area contributed by atoms with Crippen molar-refractivity contribution >= 4 is 22.6 Å². The van der Waals surface area contributed by atoms with Gasteiger partial charge in [-0.1, -0.05) is 42.5 Å². The van der Waals surface area contributed by atoms with Crippen LogP contribution in [0.15, 0.2) is 79.3 Å². The summed E-state index contributed by atoms with van der Waals surface area (Å²) in [7, 11) is 0. The summed E-state index contributed by atoms with van der Waals surface area (Å²) in [5.74, 6) is 0.753. The van der Waals surface area contributed by atoms with E-state index in [0.29, 0.717) is 0 Å². The number of H-pyrrole nitrogens is 2. The van der Waals surface area contributed by atoms with Crippen LogP contribution in [-0.4, -0.2) is 25.8 Å². The first kappa shape index (κ1) is 18.8. The number of benzene rings is 3. The lowest BCUT2D eigenvalue weighted by molar-refractivity contribution is -0.115. The molecule has 0 radical (unpaired) electrons. The molecule has 0 unspecified atom stereocenters. The Balaban J connectivity index is 1.41. The Hall–Kier alpha value is -4.19. The standard InChI is InChI=1S/C25H21N5O/c1-16-5-2-10-22-24(16)30-25(29-22)19-8-3-6-17(11-19)18-7-4-9-20(12-18)28-23(31)13-21-14-26-15-27-21/h2-12,14-15H,13H2,1H3,(H,26,27)(H,28,31)(H,29,30). The third-order valence-corrected chi connectivity index (χ3v) is 5.24. The van der Waals surface area contributed by atoms with Gasteiger partial charge >= 0.3 is 0 Å². The summed E-state index contributed by atoms with van der Waals surface area (Å²) in [5, 5.41) is 2.96. The average Bonchev–Trinajstić information content (AvgIpc) is 3.44. The molecule has 0 saturated carbocycles. The van der Waals surface area contributed by atoms with Gasteiger partial charge in [-0.15, -0.1) is 0 Å². The highest BCUT2D eigenvalue weighted by atomic mass is 16.1. The number of hydrogen-bond acceptors (Lipinski definition) is 3. The van der Waals surface area contributed by atoms with E-state index in [1.807, 2.05) is 48.5 Å². The van der Waals surface area contributed by atoms with Crippen molar-refractivity contribution in [3.8, 4) is 22.5 Å². The van der Waals surface area contributed by atoms with Crippen molar-refractivity contribution in [3.05, 3.63) is 90.5 Å². The summed E-state index contributed by atoms with van der Waals surface area (Å²) in [5.41, 5.74) is 7.80. The average molecular weight is 407 g/mol. The molecular formula is C25H21N5O. The van der Waals surface area contributed by atoms with Gasteiger partial charge in [-0.05, 0) is 47.9 Å². The molecule has 2 aromatic heterocycles. The molecule has 0 spiro atoms. The molecular weight excluding hydrogens is 386 g/mol. The Morgan fingerprint density at radius 1 is 0.968 bits per heavy atom. The van der Waals surface area contributed by atoms with E-state index in [9.17, 15) is 4.79 Å². The van der Waals surface area contributed by atoms with E-state index >= 15 is 0 Å². The van der Waals surface area contributed by atoms with E-state index in [0.717, 1.165) is 50.5 Å². The van der Waals surface area contributed by atoms with Gasteiger partial charge in [-0.25, -0.2) is 9.97 Å². The zero-order valence-electron chi connectivity index (χ0n) is 17.0. The fourth-order valence-electron chi connectivity index (χ4n) is 3.69. The monoisotopic (exact) mass is 407 g/mol. The fraction of sp³-hybridized carbons (Fsp3) is 0.0800. The molecule has 0 bridgehead atoms. The van der Waals surface area contributed by atoms with Crippen LogP contribution in [0, 0.1) is 6.92 Å². The van der Waals surface area contributed by atoms with Crippen molar-refractivity contribution in [2.75, 3.05) is 5.32 Å². The molecule has 6 heteroatoms. The van der Waals surface area contributed by atoms with Gasteiger partial charge in [0.25, 0.3) is 0 Å². The highest BCUT2D eigenvalue weighted by Crippen LogP contribution is 2.28. The van der Waals surface area contributed by atoms with Crippen LogP contribution in [0.3, 0.4) is 0 Å². The fourth-order valence-corrected chi connectivity index (χ4v) is 3.69. The van der Waals surface area contributed by atoms with Crippen molar-refractivity contribution < 1.29 is 4.79 Å². The van der Waals surface area contributed by atoms with Crippen LogP contribution < -0.4 is 5.32 Å². The molecule has 152 valence electrons. The summed E-state index contributed by atoms with van der Waals surface area (Å²) in [6, 6.07) is 22.2. The first-order chi connectivity index (χ1) is 15.2. The normalized spacial score (nSPS) is 11.0. The quantitative estimate of drug-likeness (QED) is 0.378. The Kier molecular flexibility index (Phi) is 4.80. The number of amides is 1. The van der Waals surface area contributed by atoms with Crippen LogP contribution >= 0.6 is 0 Å². The van der Waals surface area contributed by atoms with Gasteiger partial charge in [0, 0.05) is 23.1 Å². The highest BCUT2D eigenvalue weighted by Gasteiger charge is 2.10. The molecule has 0 atom stereocenters. The second kappa shape index (κ2) is 7.91. The predicted molar refractivity (Wildman–Crippen MR) is 123 cm³/mol. The largest absolute Gasteiger partial charge is 0.348 e. The highest BCUT2D eigenvalue weighted by molar-refractivity contribution is 5.92. The molecule has 0 saturated heterocycles. The lowest BCUT2D eigenvalue weighted by Crippen LogP contribution is -2.14. The maximum atomic E-state index is 12.3. The summed E-state index contributed by atoms with van der Waals surface area (Å²) in [6.07, 6.45) is 3.48. The molecule has 0 aliphatic rings. The van der Waals surface area contributed by atoms with E-state index in [4.69, 9.17) is 4.98 Å². The molecule has 3 aromatic carbocycles. The van der Waals surface area contributed by atoms with Crippen LogP contribution in [0.2, 0.25) is 0 Å². The number of carbonyl (C=O) groups is 1. The topological polar surface area (TPSA) is 86.5 Å². The maximum absolute atomic E-state index is 12.3. The van der Waals surface area contributed by atoms with E-state index < -0.39 is 0 Å². The Labute approximate surface area is 179 Å². The second-order valence-electron chi connectivity index (χ2n) is 7.52. The van der Waals surface area contributed by atoms with Crippen molar-refractivity contribution in [1.82, 2.24) is 19.9 Å². The number of aromatic amines is 2. The van der Waals surface area contributed by atoms with Crippen LogP contribution in [0.5, 0.6) is 0 Å². The number of fused-ring (bicyclic) bond motifs is 1. The zero-order valence-corrected chi connectivity index (χ0v) is 17.0. The molecule has 0 aliphatic heterocycles. The van der Waals surface area contributed by atoms with Crippen LogP contribution in [0.4, 0.5) is 5.69 Å². The molecule has 0 fully saturated rings. The molecule has 3 N–H and O–H groups in total.